The lowest BCUT2D eigenvalue weighted by Crippen LogP contribution is -2.50. The third-order valence-corrected chi connectivity index (χ3v) is 7.54. The molecule has 0 radical (unpaired) electrons. The average Bonchev–Trinajstić information content (AvgIpc) is 3.52. The van der Waals surface area contributed by atoms with Crippen molar-refractivity contribution in [3.63, 3.8) is 0 Å². The minimum absolute atomic E-state index is 0.00157. The Morgan fingerprint density at radius 3 is 2.40 bits per heavy atom. The van der Waals surface area contributed by atoms with Crippen molar-refractivity contribution in [3.05, 3.63) is 59.7 Å². The standard InChI is InChI=1S/C27H30N2O6/c1-2-7-23(24(30)29-14-17-12-13-35-27(17,16-29)25(31)32)28-26(33)34-15-22-20-10-5-3-8-18(20)19-9-4-6-11-21(19)22/h3-6,8-11,17,22-23H,2,7,12-16H2,1H3,(H,28,33)(H,31,32)/t17?,23-,27?/m1/s1. The van der Waals surface area contributed by atoms with E-state index in [2.05, 4.69) is 29.6 Å². The molecule has 0 spiro atoms. The molecular formula is C27H30N2O6. The number of aliphatic carboxylic acids is 1. The van der Waals surface area contributed by atoms with E-state index in [-0.39, 0.29) is 30.9 Å². The number of ether oxygens (including phenoxy) is 2. The van der Waals surface area contributed by atoms with Gasteiger partial charge in [-0.1, -0.05) is 61.9 Å². The number of rotatable bonds is 7. The minimum atomic E-state index is -1.34. The minimum Gasteiger partial charge on any atom is -0.479 e. The molecule has 0 aromatic heterocycles. The molecule has 0 saturated carbocycles. The first-order valence-electron chi connectivity index (χ1n) is 12.2. The van der Waals surface area contributed by atoms with Gasteiger partial charge in [-0.05, 0) is 35.1 Å². The van der Waals surface area contributed by atoms with Crippen LogP contribution < -0.4 is 5.32 Å². The molecule has 5 rings (SSSR count). The van der Waals surface area contributed by atoms with Gasteiger partial charge in [0, 0.05) is 25.0 Å². The zero-order valence-corrected chi connectivity index (χ0v) is 19.7. The fourth-order valence-electron chi connectivity index (χ4n) is 5.78. The van der Waals surface area contributed by atoms with Crippen LogP contribution in [0.2, 0.25) is 0 Å². The fourth-order valence-corrected chi connectivity index (χ4v) is 5.78. The van der Waals surface area contributed by atoms with Gasteiger partial charge in [-0.25, -0.2) is 9.59 Å². The number of carboxylic acids is 1. The first kappa shape index (κ1) is 23.4. The Balaban J connectivity index is 1.24. The Morgan fingerprint density at radius 1 is 1.14 bits per heavy atom. The molecule has 2 aromatic rings. The predicted molar refractivity (Wildman–Crippen MR) is 128 cm³/mol. The summed E-state index contributed by atoms with van der Waals surface area (Å²) >= 11 is 0. The van der Waals surface area contributed by atoms with Crippen LogP contribution in [0.4, 0.5) is 4.79 Å². The van der Waals surface area contributed by atoms with Gasteiger partial charge in [-0.15, -0.1) is 0 Å². The molecule has 2 aromatic carbocycles. The van der Waals surface area contributed by atoms with E-state index in [1.807, 2.05) is 31.2 Å². The molecule has 2 N–H and O–H groups in total. The highest BCUT2D eigenvalue weighted by atomic mass is 16.5. The lowest BCUT2D eigenvalue weighted by Gasteiger charge is -2.26. The third kappa shape index (κ3) is 4.05. The molecule has 1 aliphatic carbocycles. The van der Waals surface area contributed by atoms with Gasteiger partial charge < -0.3 is 24.8 Å². The summed E-state index contributed by atoms with van der Waals surface area (Å²) < 4.78 is 11.2. The number of nitrogens with one attached hydrogen (secondary N) is 1. The number of fused-ring (bicyclic) bond motifs is 4. The summed E-state index contributed by atoms with van der Waals surface area (Å²) in [5.41, 5.74) is 3.18. The number of carbonyl (C=O) groups is 3. The van der Waals surface area contributed by atoms with Crippen LogP contribution in [0.25, 0.3) is 11.1 Å². The first-order valence-corrected chi connectivity index (χ1v) is 12.2. The Hall–Kier alpha value is -3.39. The molecule has 3 atom stereocenters. The van der Waals surface area contributed by atoms with Crippen LogP contribution in [0, 0.1) is 5.92 Å². The highest BCUT2D eigenvalue weighted by Gasteiger charge is 2.58. The number of likely N-dealkylation sites (tertiary alicyclic amines) is 1. The molecular weight excluding hydrogens is 448 g/mol. The molecule has 8 heteroatoms. The Bertz CT molecular complexity index is 1100. The zero-order valence-electron chi connectivity index (χ0n) is 19.7. The monoisotopic (exact) mass is 478 g/mol. The maximum atomic E-state index is 13.3. The van der Waals surface area contributed by atoms with Crippen LogP contribution in [0.5, 0.6) is 0 Å². The van der Waals surface area contributed by atoms with E-state index in [0.29, 0.717) is 32.4 Å². The van der Waals surface area contributed by atoms with Crippen molar-refractivity contribution >= 4 is 18.0 Å². The molecule has 2 amide bonds. The van der Waals surface area contributed by atoms with Crippen molar-refractivity contribution in [1.29, 1.82) is 0 Å². The molecule has 2 unspecified atom stereocenters. The fraction of sp³-hybridized carbons (Fsp3) is 0.444. The topological polar surface area (TPSA) is 105 Å². The summed E-state index contributed by atoms with van der Waals surface area (Å²) in [6, 6.07) is 15.4. The van der Waals surface area contributed by atoms with E-state index in [0.717, 1.165) is 22.3 Å². The summed E-state index contributed by atoms with van der Waals surface area (Å²) in [7, 11) is 0. The van der Waals surface area contributed by atoms with Crippen molar-refractivity contribution in [3.8, 4) is 11.1 Å². The third-order valence-electron chi connectivity index (χ3n) is 7.54. The van der Waals surface area contributed by atoms with Crippen LogP contribution in [-0.2, 0) is 19.1 Å². The van der Waals surface area contributed by atoms with E-state index in [9.17, 15) is 19.5 Å². The smallest absolute Gasteiger partial charge is 0.407 e. The van der Waals surface area contributed by atoms with Crippen LogP contribution in [-0.4, -0.2) is 65.9 Å². The predicted octanol–water partition coefficient (Wildman–Crippen LogP) is 3.40. The number of carboxylic acid groups (broad SMARTS) is 1. The SMILES string of the molecule is CCC[C@@H](NC(=O)OCC1c2ccccc2-c2ccccc21)C(=O)N1CC2CCOC2(C(=O)O)C1. The van der Waals surface area contributed by atoms with Gasteiger partial charge in [0.05, 0.1) is 6.54 Å². The van der Waals surface area contributed by atoms with Gasteiger partial charge in [0.25, 0.3) is 0 Å². The van der Waals surface area contributed by atoms with Crippen molar-refractivity contribution in [2.24, 2.45) is 5.92 Å². The second kappa shape index (κ2) is 9.34. The van der Waals surface area contributed by atoms with Crippen LogP contribution >= 0.6 is 0 Å². The van der Waals surface area contributed by atoms with Gasteiger partial charge in [0.1, 0.15) is 12.6 Å². The molecule has 2 aliphatic heterocycles. The van der Waals surface area contributed by atoms with E-state index in [1.165, 1.54) is 4.90 Å². The average molecular weight is 479 g/mol. The molecule has 0 bridgehead atoms. The number of hydrogen-bond acceptors (Lipinski definition) is 5. The normalized spacial score (nSPS) is 23.3. The summed E-state index contributed by atoms with van der Waals surface area (Å²) in [6.45, 7) is 2.79. The number of alkyl carbamates (subject to hydrolysis) is 1. The van der Waals surface area contributed by atoms with Crippen molar-refractivity contribution in [1.82, 2.24) is 10.2 Å². The molecule has 8 nitrogen and oxygen atoms in total. The maximum Gasteiger partial charge on any atom is 0.407 e. The lowest BCUT2D eigenvalue weighted by molar-refractivity contribution is -0.161. The summed E-state index contributed by atoms with van der Waals surface area (Å²) in [5.74, 6) is -1.63. The highest BCUT2D eigenvalue weighted by Crippen LogP contribution is 2.44. The summed E-state index contributed by atoms with van der Waals surface area (Å²) in [5, 5.41) is 12.5. The van der Waals surface area contributed by atoms with Gasteiger partial charge in [-0.3, -0.25) is 4.79 Å². The molecule has 184 valence electrons. The van der Waals surface area contributed by atoms with E-state index in [4.69, 9.17) is 9.47 Å². The van der Waals surface area contributed by atoms with E-state index >= 15 is 0 Å². The molecule has 2 fully saturated rings. The lowest BCUT2D eigenvalue weighted by atomic mass is 9.91. The highest BCUT2D eigenvalue weighted by molar-refractivity contribution is 5.88. The van der Waals surface area contributed by atoms with Gasteiger partial charge in [0.15, 0.2) is 5.60 Å². The summed E-state index contributed by atoms with van der Waals surface area (Å²) in [4.78, 5) is 39.4. The van der Waals surface area contributed by atoms with Gasteiger partial charge >= 0.3 is 12.1 Å². The second-order valence-electron chi connectivity index (χ2n) is 9.56. The van der Waals surface area contributed by atoms with Gasteiger partial charge in [-0.2, -0.15) is 0 Å². The Kier molecular flexibility index (Phi) is 6.23. The van der Waals surface area contributed by atoms with Crippen molar-refractivity contribution in [2.45, 2.75) is 43.7 Å². The zero-order chi connectivity index (χ0) is 24.6. The quantitative estimate of drug-likeness (QED) is 0.632. The van der Waals surface area contributed by atoms with Crippen LogP contribution in [0.15, 0.2) is 48.5 Å². The van der Waals surface area contributed by atoms with Crippen LogP contribution in [0.3, 0.4) is 0 Å². The largest absolute Gasteiger partial charge is 0.479 e. The molecule has 2 heterocycles. The number of benzene rings is 2. The molecule has 3 aliphatic rings. The van der Waals surface area contributed by atoms with E-state index in [1.54, 1.807) is 0 Å². The molecule has 2 saturated heterocycles. The Labute approximate surface area is 204 Å². The number of carbonyl (C=O) groups excluding carboxylic acids is 2. The number of nitrogens with zero attached hydrogens (tertiary/aromatic N) is 1. The van der Waals surface area contributed by atoms with Crippen molar-refractivity contribution < 1.29 is 29.0 Å². The number of amides is 2. The van der Waals surface area contributed by atoms with E-state index < -0.39 is 23.7 Å². The first-order chi connectivity index (χ1) is 16.9. The summed E-state index contributed by atoms with van der Waals surface area (Å²) in [6.07, 6.45) is 1.07. The van der Waals surface area contributed by atoms with Crippen LogP contribution in [0.1, 0.15) is 43.2 Å². The maximum absolute atomic E-state index is 13.3. The number of hydrogen-bond donors (Lipinski definition) is 2. The Morgan fingerprint density at radius 2 is 1.80 bits per heavy atom. The molecule has 35 heavy (non-hydrogen) atoms. The van der Waals surface area contributed by atoms with Gasteiger partial charge in [0.2, 0.25) is 5.91 Å². The van der Waals surface area contributed by atoms with Crippen molar-refractivity contribution in [2.75, 3.05) is 26.3 Å². The second-order valence-corrected chi connectivity index (χ2v) is 9.56.